The van der Waals surface area contributed by atoms with Crippen LogP contribution in [-0.4, -0.2) is 29.1 Å². The van der Waals surface area contributed by atoms with Crippen LogP contribution in [0.1, 0.15) is 39.5 Å². The monoisotopic (exact) mass is 268 g/mol. The number of hydrogen-bond donors (Lipinski definition) is 3. The third-order valence-electron chi connectivity index (χ3n) is 2.43. The van der Waals surface area contributed by atoms with E-state index < -0.39 is 23.9 Å². The molecule has 0 aromatic heterocycles. The van der Waals surface area contributed by atoms with Crippen molar-refractivity contribution in [3.63, 3.8) is 0 Å². The lowest BCUT2D eigenvalue weighted by Gasteiger charge is -2.16. The molecule has 19 heavy (non-hydrogen) atoms. The summed E-state index contributed by atoms with van der Waals surface area (Å²) >= 11 is 0. The number of carbonyl (C=O) groups is 3. The zero-order chi connectivity index (χ0) is 14.8. The lowest BCUT2D eigenvalue weighted by atomic mass is 10.1. The highest BCUT2D eigenvalue weighted by Gasteiger charge is 2.14. The molecule has 0 aromatic rings. The van der Waals surface area contributed by atoms with Crippen molar-refractivity contribution >= 4 is 17.9 Å². The normalized spacial score (nSPS) is 11.5. The van der Waals surface area contributed by atoms with E-state index in [0.717, 1.165) is 0 Å². The van der Waals surface area contributed by atoms with Crippen LogP contribution >= 0.6 is 0 Å². The van der Waals surface area contributed by atoms with Gasteiger partial charge in [-0.2, -0.15) is 0 Å². The van der Waals surface area contributed by atoms with Crippen LogP contribution in [0, 0.1) is 18.3 Å². The number of amides is 3. The van der Waals surface area contributed by atoms with Crippen molar-refractivity contribution in [2.24, 2.45) is 5.92 Å². The summed E-state index contributed by atoms with van der Waals surface area (Å²) in [5.74, 6) is 1.15. The van der Waals surface area contributed by atoms with Gasteiger partial charge >= 0.3 is 12.0 Å². The SMILES string of the molecule is C#CC(NC(=O)NC(=O)CCCCC(=O)O)C(C)C. The number of carbonyl (C=O) groups excluding carboxylic acids is 2. The molecule has 0 aliphatic heterocycles. The van der Waals surface area contributed by atoms with Gasteiger partial charge in [0, 0.05) is 12.8 Å². The molecule has 0 saturated carbocycles. The Balaban J connectivity index is 3.90. The molecule has 0 spiro atoms. The molecule has 0 aliphatic carbocycles. The Morgan fingerprint density at radius 3 is 2.26 bits per heavy atom. The lowest BCUT2D eigenvalue weighted by Crippen LogP contribution is -2.45. The molecule has 0 aliphatic rings. The molecule has 6 heteroatoms. The summed E-state index contributed by atoms with van der Waals surface area (Å²) in [5.41, 5.74) is 0. The van der Waals surface area contributed by atoms with Gasteiger partial charge in [-0.3, -0.25) is 14.9 Å². The van der Waals surface area contributed by atoms with E-state index in [0.29, 0.717) is 12.8 Å². The van der Waals surface area contributed by atoms with E-state index in [1.54, 1.807) is 0 Å². The van der Waals surface area contributed by atoms with Gasteiger partial charge in [0.15, 0.2) is 0 Å². The smallest absolute Gasteiger partial charge is 0.322 e. The summed E-state index contributed by atoms with van der Waals surface area (Å²) in [4.78, 5) is 33.1. The van der Waals surface area contributed by atoms with Crippen molar-refractivity contribution in [1.82, 2.24) is 10.6 Å². The number of aliphatic carboxylic acids is 1. The standard InChI is InChI=1S/C13H20N2O4/c1-4-10(9(2)3)14-13(19)15-11(16)7-5-6-8-12(17)18/h1,9-10H,5-8H2,2-3H3,(H,17,18)(H2,14,15,16,19). The summed E-state index contributed by atoms with van der Waals surface area (Å²) in [5, 5.41) is 13.1. The van der Waals surface area contributed by atoms with Gasteiger partial charge in [-0.05, 0) is 18.8 Å². The summed E-state index contributed by atoms with van der Waals surface area (Å²) in [6, 6.07) is -1.06. The lowest BCUT2D eigenvalue weighted by molar-refractivity contribution is -0.137. The third-order valence-corrected chi connectivity index (χ3v) is 2.43. The van der Waals surface area contributed by atoms with E-state index >= 15 is 0 Å². The van der Waals surface area contributed by atoms with Gasteiger partial charge in [-0.1, -0.05) is 19.8 Å². The number of nitrogens with one attached hydrogen (secondary N) is 2. The molecular weight excluding hydrogens is 248 g/mol. The molecule has 1 atom stereocenters. The summed E-state index contributed by atoms with van der Waals surface area (Å²) in [6.07, 6.45) is 6.21. The fraction of sp³-hybridized carbons (Fsp3) is 0.615. The van der Waals surface area contributed by atoms with Gasteiger partial charge in [-0.15, -0.1) is 6.42 Å². The Kier molecular flexibility index (Phi) is 8.02. The maximum absolute atomic E-state index is 11.4. The largest absolute Gasteiger partial charge is 0.481 e. The van der Waals surface area contributed by atoms with E-state index in [9.17, 15) is 14.4 Å². The quantitative estimate of drug-likeness (QED) is 0.476. The highest BCUT2D eigenvalue weighted by molar-refractivity contribution is 5.94. The fourth-order valence-electron chi connectivity index (χ4n) is 1.33. The Labute approximate surface area is 112 Å². The molecule has 6 nitrogen and oxygen atoms in total. The predicted molar refractivity (Wildman–Crippen MR) is 70.2 cm³/mol. The van der Waals surface area contributed by atoms with E-state index in [4.69, 9.17) is 11.5 Å². The third kappa shape index (κ3) is 8.66. The van der Waals surface area contributed by atoms with Crippen molar-refractivity contribution < 1.29 is 19.5 Å². The molecule has 106 valence electrons. The summed E-state index contributed by atoms with van der Waals surface area (Å²) in [7, 11) is 0. The number of rotatable bonds is 7. The summed E-state index contributed by atoms with van der Waals surface area (Å²) < 4.78 is 0. The first-order valence-corrected chi connectivity index (χ1v) is 6.15. The topological polar surface area (TPSA) is 95.5 Å². The molecule has 3 N–H and O–H groups in total. The minimum atomic E-state index is -0.896. The van der Waals surface area contributed by atoms with Gasteiger partial charge < -0.3 is 10.4 Å². The second kappa shape index (κ2) is 8.97. The Hall–Kier alpha value is -2.03. The molecular formula is C13H20N2O4. The minimum absolute atomic E-state index is 0.0198. The van der Waals surface area contributed by atoms with Gasteiger partial charge in [0.25, 0.3) is 0 Å². The molecule has 0 bridgehead atoms. The first-order valence-electron chi connectivity index (χ1n) is 6.15. The fourth-order valence-corrected chi connectivity index (χ4v) is 1.33. The first-order chi connectivity index (χ1) is 8.86. The van der Waals surface area contributed by atoms with Crippen LogP contribution in [0.25, 0.3) is 0 Å². The highest BCUT2D eigenvalue weighted by Crippen LogP contribution is 2.01. The molecule has 0 radical (unpaired) electrons. The molecule has 1 unspecified atom stereocenters. The Morgan fingerprint density at radius 2 is 1.79 bits per heavy atom. The number of imide groups is 1. The van der Waals surface area contributed by atoms with E-state index in [1.807, 2.05) is 13.8 Å². The number of urea groups is 1. The highest BCUT2D eigenvalue weighted by atomic mass is 16.4. The van der Waals surface area contributed by atoms with Gasteiger partial charge in [0.2, 0.25) is 5.91 Å². The van der Waals surface area contributed by atoms with E-state index in [-0.39, 0.29) is 18.8 Å². The molecule has 0 aromatic carbocycles. The number of unbranched alkanes of at least 4 members (excludes halogenated alkanes) is 1. The number of hydrogen-bond acceptors (Lipinski definition) is 3. The second-order valence-electron chi connectivity index (χ2n) is 4.51. The number of terminal acetylenes is 1. The van der Waals surface area contributed by atoms with Crippen molar-refractivity contribution in [2.45, 2.75) is 45.6 Å². The van der Waals surface area contributed by atoms with Crippen LogP contribution in [0.3, 0.4) is 0 Å². The van der Waals surface area contributed by atoms with Crippen molar-refractivity contribution in [3.8, 4) is 12.3 Å². The maximum atomic E-state index is 11.4. The zero-order valence-electron chi connectivity index (χ0n) is 11.2. The van der Waals surface area contributed by atoms with E-state index in [2.05, 4.69) is 16.6 Å². The van der Waals surface area contributed by atoms with Gasteiger partial charge in [-0.25, -0.2) is 4.79 Å². The molecule has 0 rings (SSSR count). The van der Waals surface area contributed by atoms with Crippen LogP contribution in [0.15, 0.2) is 0 Å². The van der Waals surface area contributed by atoms with Gasteiger partial charge in [0.1, 0.15) is 0 Å². The average molecular weight is 268 g/mol. The molecule has 3 amide bonds. The van der Waals surface area contributed by atoms with Crippen LogP contribution in [0.2, 0.25) is 0 Å². The van der Waals surface area contributed by atoms with E-state index in [1.165, 1.54) is 0 Å². The maximum Gasteiger partial charge on any atom is 0.322 e. The zero-order valence-corrected chi connectivity index (χ0v) is 11.2. The van der Waals surface area contributed by atoms with Crippen molar-refractivity contribution in [2.75, 3.05) is 0 Å². The first kappa shape index (κ1) is 17.0. The second-order valence-corrected chi connectivity index (χ2v) is 4.51. The minimum Gasteiger partial charge on any atom is -0.481 e. The summed E-state index contributed by atoms with van der Waals surface area (Å²) in [6.45, 7) is 3.72. The van der Waals surface area contributed by atoms with Crippen LogP contribution in [-0.2, 0) is 9.59 Å². The average Bonchev–Trinajstić information content (AvgIpc) is 2.31. The predicted octanol–water partition coefficient (Wildman–Crippen LogP) is 1.11. The Morgan fingerprint density at radius 1 is 1.21 bits per heavy atom. The van der Waals surface area contributed by atoms with Gasteiger partial charge in [0.05, 0.1) is 6.04 Å². The Bertz CT molecular complexity index is 371. The molecule has 0 fully saturated rings. The van der Waals surface area contributed by atoms with Crippen LogP contribution in [0.4, 0.5) is 4.79 Å². The number of carboxylic acid groups (broad SMARTS) is 1. The van der Waals surface area contributed by atoms with Crippen LogP contribution < -0.4 is 10.6 Å². The molecule has 0 heterocycles. The number of carboxylic acids is 1. The molecule has 0 saturated heterocycles. The van der Waals surface area contributed by atoms with Crippen molar-refractivity contribution in [3.05, 3.63) is 0 Å². The van der Waals surface area contributed by atoms with Crippen LogP contribution in [0.5, 0.6) is 0 Å². The van der Waals surface area contributed by atoms with Crippen molar-refractivity contribution in [1.29, 1.82) is 0 Å².